The monoisotopic (exact) mass is 396 g/mol. The SMILES string of the molecule is C[C@H](OC(=O)c1ccc2c(c1)NC(=O)CS2)C(=O)N1CCc2ccccc2C1. The lowest BCUT2D eigenvalue weighted by Gasteiger charge is -2.30. The molecule has 6 nitrogen and oxygen atoms in total. The average Bonchev–Trinajstić information content (AvgIpc) is 2.72. The Morgan fingerprint density at radius 1 is 1.18 bits per heavy atom. The van der Waals surface area contributed by atoms with Crippen LogP contribution in [-0.4, -0.2) is 41.1 Å². The van der Waals surface area contributed by atoms with Gasteiger partial charge in [0.05, 0.1) is 17.0 Å². The van der Waals surface area contributed by atoms with Crippen LogP contribution in [-0.2, 0) is 27.3 Å². The van der Waals surface area contributed by atoms with Crippen molar-refractivity contribution in [3.8, 4) is 0 Å². The molecule has 2 heterocycles. The summed E-state index contributed by atoms with van der Waals surface area (Å²) < 4.78 is 5.41. The predicted molar refractivity (Wildman–Crippen MR) is 106 cm³/mol. The van der Waals surface area contributed by atoms with Crippen molar-refractivity contribution in [3.63, 3.8) is 0 Å². The number of hydrogen-bond donors (Lipinski definition) is 1. The number of benzene rings is 2. The molecule has 144 valence electrons. The summed E-state index contributed by atoms with van der Waals surface area (Å²) in [5.41, 5.74) is 3.29. The molecule has 0 saturated heterocycles. The predicted octanol–water partition coefficient (Wildman–Crippen LogP) is 2.86. The van der Waals surface area contributed by atoms with Gasteiger partial charge in [0.15, 0.2) is 6.10 Å². The highest BCUT2D eigenvalue weighted by Crippen LogP contribution is 2.32. The number of rotatable bonds is 3. The van der Waals surface area contributed by atoms with Crippen LogP contribution in [0.4, 0.5) is 5.69 Å². The van der Waals surface area contributed by atoms with E-state index in [-0.39, 0.29) is 11.8 Å². The molecule has 2 aliphatic heterocycles. The van der Waals surface area contributed by atoms with Crippen molar-refractivity contribution in [1.82, 2.24) is 4.90 Å². The quantitative estimate of drug-likeness (QED) is 0.808. The molecule has 0 spiro atoms. The molecule has 0 unspecified atom stereocenters. The van der Waals surface area contributed by atoms with E-state index in [0.717, 1.165) is 16.9 Å². The summed E-state index contributed by atoms with van der Waals surface area (Å²) in [6, 6.07) is 13.1. The van der Waals surface area contributed by atoms with Crippen molar-refractivity contribution >= 4 is 35.2 Å². The Balaban J connectivity index is 1.41. The summed E-state index contributed by atoms with van der Waals surface area (Å²) in [6.45, 7) is 2.73. The fourth-order valence-electron chi connectivity index (χ4n) is 3.43. The molecule has 4 rings (SSSR count). The van der Waals surface area contributed by atoms with Gasteiger partial charge in [0.1, 0.15) is 0 Å². The lowest BCUT2D eigenvalue weighted by atomic mass is 9.99. The van der Waals surface area contributed by atoms with Crippen molar-refractivity contribution in [2.45, 2.75) is 30.9 Å². The van der Waals surface area contributed by atoms with Crippen molar-refractivity contribution in [3.05, 3.63) is 59.2 Å². The first kappa shape index (κ1) is 18.6. The fourth-order valence-corrected chi connectivity index (χ4v) is 4.22. The van der Waals surface area contributed by atoms with E-state index in [1.807, 2.05) is 18.2 Å². The van der Waals surface area contributed by atoms with E-state index in [4.69, 9.17) is 4.74 Å². The van der Waals surface area contributed by atoms with E-state index in [9.17, 15) is 14.4 Å². The number of hydrogen-bond acceptors (Lipinski definition) is 5. The van der Waals surface area contributed by atoms with Crippen LogP contribution in [0.3, 0.4) is 0 Å². The molecule has 0 radical (unpaired) electrons. The van der Waals surface area contributed by atoms with Gasteiger partial charge in [-0.3, -0.25) is 9.59 Å². The first-order valence-corrected chi connectivity index (χ1v) is 10.1. The highest BCUT2D eigenvalue weighted by atomic mass is 32.2. The standard InChI is InChI=1S/C21H20N2O4S/c1-13(20(25)23-9-8-14-4-2-3-5-16(14)11-23)27-21(26)15-6-7-18-17(10-15)22-19(24)12-28-18/h2-7,10,13H,8-9,11-12H2,1H3,(H,22,24)/t13-/m0/s1. The van der Waals surface area contributed by atoms with Gasteiger partial charge in [0.2, 0.25) is 5.91 Å². The Morgan fingerprint density at radius 2 is 1.96 bits per heavy atom. The summed E-state index contributed by atoms with van der Waals surface area (Å²) in [5, 5.41) is 2.75. The summed E-state index contributed by atoms with van der Waals surface area (Å²) in [7, 11) is 0. The zero-order valence-electron chi connectivity index (χ0n) is 15.4. The highest BCUT2D eigenvalue weighted by molar-refractivity contribution is 8.00. The third kappa shape index (κ3) is 3.75. The van der Waals surface area contributed by atoms with Crippen LogP contribution in [0.1, 0.15) is 28.4 Å². The van der Waals surface area contributed by atoms with Gasteiger partial charge in [-0.2, -0.15) is 0 Å². The van der Waals surface area contributed by atoms with Crippen molar-refractivity contribution in [1.29, 1.82) is 0 Å². The lowest BCUT2D eigenvalue weighted by molar-refractivity contribution is -0.140. The molecule has 2 aromatic carbocycles. The van der Waals surface area contributed by atoms with Gasteiger partial charge in [-0.25, -0.2) is 4.79 Å². The molecule has 7 heteroatoms. The number of ether oxygens (including phenoxy) is 1. The molecule has 0 fully saturated rings. The second-order valence-corrected chi connectivity index (χ2v) is 7.89. The Labute approximate surface area is 167 Å². The van der Waals surface area contributed by atoms with E-state index in [1.165, 1.54) is 17.3 Å². The minimum absolute atomic E-state index is 0.100. The van der Waals surface area contributed by atoms with E-state index in [2.05, 4.69) is 11.4 Å². The van der Waals surface area contributed by atoms with Crippen LogP contribution < -0.4 is 5.32 Å². The van der Waals surface area contributed by atoms with Gasteiger partial charge in [-0.15, -0.1) is 11.8 Å². The van der Waals surface area contributed by atoms with Crippen LogP contribution in [0.25, 0.3) is 0 Å². The number of carbonyl (C=O) groups excluding carboxylic acids is 3. The van der Waals surface area contributed by atoms with Gasteiger partial charge in [0, 0.05) is 18.0 Å². The molecule has 0 aromatic heterocycles. The largest absolute Gasteiger partial charge is 0.449 e. The molecule has 28 heavy (non-hydrogen) atoms. The Bertz CT molecular complexity index is 959. The highest BCUT2D eigenvalue weighted by Gasteiger charge is 2.27. The Kier molecular flexibility index (Phi) is 5.09. The first-order chi connectivity index (χ1) is 13.5. The van der Waals surface area contributed by atoms with Gasteiger partial charge in [-0.1, -0.05) is 24.3 Å². The number of thioether (sulfide) groups is 1. The number of nitrogens with one attached hydrogen (secondary N) is 1. The van der Waals surface area contributed by atoms with E-state index < -0.39 is 12.1 Å². The third-order valence-electron chi connectivity index (χ3n) is 4.92. The van der Waals surface area contributed by atoms with E-state index in [1.54, 1.807) is 30.0 Å². The van der Waals surface area contributed by atoms with E-state index in [0.29, 0.717) is 30.1 Å². The molecule has 0 bridgehead atoms. The molecule has 2 aliphatic rings. The molecule has 2 aromatic rings. The van der Waals surface area contributed by atoms with Crippen LogP contribution in [0.5, 0.6) is 0 Å². The normalized spacial score (nSPS) is 16.5. The molecule has 2 amide bonds. The maximum Gasteiger partial charge on any atom is 0.338 e. The van der Waals surface area contributed by atoms with Gasteiger partial charge in [0.25, 0.3) is 5.91 Å². The first-order valence-electron chi connectivity index (χ1n) is 9.14. The minimum Gasteiger partial charge on any atom is -0.449 e. The van der Waals surface area contributed by atoms with Crippen molar-refractivity contribution in [2.24, 2.45) is 0 Å². The van der Waals surface area contributed by atoms with Gasteiger partial charge < -0.3 is 15.0 Å². The summed E-state index contributed by atoms with van der Waals surface area (Å²) in [4.78, 5) is 39.4. The summed E-state index contributed by atoms with van der Waals surface area (Å²) in [5.74, 6) is -0.520. The smallest absolute Gasteiger partial charge is 0.338 e. The molecular formula is C21H20N2O4S. The average molecular weight is 396 g/mol. The van der Waals surface area contributed by atoms with Crippen LogP contribution in [0.2, 0.25) is 0 Å². The minimum atomic E-state index is -0.877. The maximum absolute atomic E-state index is 12.7. The Hall–Kier alpha value is -2.80. The molecular weight excluding hydrogens is 376 g/mol. The number of nitrogens with zero attached hydrogens (tertiary/aromatic N) is 1. The number of anilines is 1. The second-order valence-electron chi connectivity index (χ2n) is 6.87. The number of esters is 1. The van der Waals surface area contributed by atoms with Crippen molar-refractivity contribution in [2.75, 3.05) is 17.6 Å². The van der Waals surface area contributed by atoms with Crippen molar-refractivity contribution < 1.29 is 19.1 Å². The summed E-state index contributed by atoms with van der Waals surface area (Å²) in [6.07, 6.45) is -0.0807. The van der Waals surface area contributed by atoms with Gasteiger partial charge in [-0.05, 0) is 42.7 Å². The lowest BCUT2D eigenvalue weighted by Crippen LogP contribution is -2.42. The van der Waals surface area contributed by atoms with E-state index >= 15 is 0 Å². The topological polar surface area (TPSA) is 75.7 Å². The van der Waals surface area contributed by atoms with Crippen LogP contribution >= 0.6 is 11.8 Å². The summed E-state index contributed by atoms with van der Waals surface area (Å²) >= 11 is 1.42. The fraction of sp³-hybridized carbons (Fsp3) is 0.286. The maximum atomic E-state index is 12.7. The molecule has 0 aliphatic carbocycles. The zero-order valence-corrected chi connectivity index (χ0v) is 16.3. The number of fused-ring (bicyclic) bond motifs is 2. The number of amides is 2. The Morgan fingerprint density at radius 3 is 2.79 bits per heavy atom. The number of carbonyl (C=O) groups is 3. The van der Waals surface area contributed by atoms with Crippen LogP contribution in [0, 0.1) is 0 Å². The molecule has 1 N–H and O–H groups in total. The second kappa shape index (κ2) is 7.67. The molecule has 0 saturated carbocycles. The third-order valence-corrected chi connectivity index (χ3v) is 6.00. The molecule has 1 atom stereocenters. The van der Waals surface area contributed by atoms with Gasteiger partial charge >= 0.3 is 5.97 Å². The van der Waals surface area contributed by atoms with Crippen LogP contribution in [0.15, 0.2) is 47.4 Å². The zero-order chi connectivity index (χ0) is 19.7.